The van der Waals surface area contributed by atoms with Gasteiger partial charge in [-0.25, -0.2) is 0 Å². The summed E-state index contributed by atoms with van der Waals surface area (Å²) in [4.78, 5) is 4.52. The zero-order valence-corrected chi connectivity index (χ0v) is 13.4. The summed E-state index contributed by atoms with van der Waals surface area (Å²) in [6.45, 7) is 4.14. The van der Waals surface area contributed by atoms with Crippen molar-refractivity contribution < 1.29 is 4.52 Å². The molecule has 0 aliphatic carbocycles. The Labute approximate surface area is 136 Å². The third kappa shape index (κ3) is 3.32. The number of nitrogens with two attached hydrogens (primary N) is 1. The van der Waals surface area contributed by atoms with Gasteiger partial charge in [-0.05, 0) is 17.5 Å². The van der Waals surface area contributed by atoms with Gasteiger partial charge in [-0.3, -0.25) is 0 Å². The zero-order valence-electron chi connectivity index (χ0n) is 13.4. The Bertz CT molecular complexity index is 750. The summed E-state index contributed by atoms with van der Waals surface area (Å²) < 4.78 is 5.44. The van der Waals surface area contributed by atoms with E-state index in [1.165, 1.54) is 5.56 Å². The van der Waals surface area contributed by atoms with Crippen LogP contribution >= 0.6 is 0 Å². The number of aryl methyl sites for hydroxylation is 1. The standard InChI is InChI=1S/C19H21N3O/c1-3-14-9-11-16(12-10-14)18-21-19(23-22-18)13(2)17(20)15-7-5-4-6-8-15/h4-13,17H,3,20H2,1-2H3. The Balaban J connectivity index is 1.80. The quantitative estimate of drug-likeness (QED) is 0.770. The van der Waals surface area contributed by atoms with Gasteiger partial charge in [0.15, 0.2) is 0 Å². The number of nitrogens with zero attached hydrogens (tertiary/aromatic N) is 2. The van der Waals surface area contributed by atoms with Crippen LogP contribution in [0.5, 0.6) is 0 Å². The summed E-state index contributed by atoms with van der Waals surface area (Å²) >= 11 is 0. The molecule has 118 valence electrons. The molecule has 4 nitrogen and oxygen atoms in total. The lowest BCUT2D eigenvalue weighted by atomic mass is 9.95. The SMILES string of the molecule is CCc1ccc(-c2noc(C(C)C(N)c3ccccc3)n2)cc1. The molecular weight excluding hydrogens is 286 g/mol. The predicted octanol–water partition coefficient (Wildman–Crippen LogP) is 4.10. The lowest BCUT2D eigenvalue weighted by molar-refractivity contribution is 0.344. The fraction of sp³-hybridized carbons (Fsp3) is 0.263. The van der Waals surface area contributed by atoms with Crippen LogP contribution in [0.2, 0.25) is 0 Å². The van der Waals surface area contributed by atoms with Crippen molar-refractivity contribution in [2.24, 2.45) is 5.73 Å². The first-order chi connectivity index (χ1) is 11.2. The van der Waals surface area contributed by atoms with Crippen LogP contribution in [0.15, 0.2) is 59.1 Å². The Morgan fingerprint density at radius 2 is 1.74 bits per heavy atom. The number of hydrogen-bond donors (Lipinski definition) is 1. The predicted molar refractivity (Wildman–Crippen MR) is 90.9 cm³/mol. The molecule has 3 aromatic rings. The minimum absolute atomic E-state index is 0.0476. The van der Waals surface area contributed by atoms with E-state index in [4.69, 9.17) is 10.3 Å². The number of benzene rings is 2. The maximum Gasteiger partial charge on any atom is 0.231 e. The summed E-state index contributed by atoms with van der Waals surface area (Å²) in [6, 6.07) is 18.0. The van der Waals surface area contributed by atoms with Gasteiger partial charge in [0.2, 0.25) is 11.7 Å². The van der Waals surface area contributed by atoms with Crippen molar-refractivity contribution in [1.29, 1.82) is 0 Å². The van der Waals surface area contributed by atoms with Crippen LogP contribution in [0.4, 0.5) is 0 Å². The summed E-state index contributed by atoms with van der Waals surface area (Å²) in [6.07, 6.45) is 1.01. The third-order valence-corrected chi connectivity index (χ3v) is 4.17. The lowest BCUT2D eigenvalue weighted by Crippen LogP contribution is -2.17. The molecule has 0 fully saturated rings. The highest BCUT2D eigenvalue weighted by Crippen LogP contribution is 2.28. The van der Waals surface area contributed by atoms with E-state index >= 15 is 0 Å². The van der Waals surface area contributed by atoms with Gasteiger partial charge in [-0.2, -0.15) is 4.98 Å². The van der Waals surface area contributed by atoms with Gasteiger partial charge >= 0.3 is 0 Å². The van der Waals surface area contributed by atoms with Crippen LogP contribution in [0.1, 0.15) is 42.8 Å². The van der Waals surface area contributed by atoms with Crippen LogP contribution in [0.25, 0.3) is 11.4 Å². The van der Waals surface area contributed by atoms with Crippen molar-refractivity contribution in [3.63, 3.8) is 0 Å². The van der Waals surface area contributed by atoms with Gasteiger partial charge in [-0.1, -0.05) is 73.6 Å². The molecule has 1 heterocycles. The number of rotatable bonds is 5. The van der Waals surface area contributed by atoms with Gasteiger partial charge in [0.1, 0.15) is 0 Å². The molecule has 0 aliphatic rings. The Morgan fingerprint density at radius 3 is 2.39 bits per heavy atom. The zero-order chi connectivity index (χ0) is 16.2. The second kappa shape index (κ2) is 6.75. The fourth-order valence-corrected chi connectivity index (χ4v) is 2.54. The van der Waals surface area contributed by atoms with Crippen LogP contribution in [-0.2, 0) is 6.42 Å². The molecule has 3 rings (SSSR count). The fourth-order valence-electron chi connectivity index (χ4n) is 2.54. The van der Waals surface area contributed by atoms with Crippen molar-refractivity contribution in [2.75, 3.05) is 0 Å². The first-order valence-electron chi connectivity index (χ1n) is 7.92. The number of hydrogen-bond acceptors (Lipinski definition) is 4. The highest BCUT2D eigenvalue weighted by Gasteiger charge is 2.22. The van der Waals surface area contributed by atoms with Crippen LogP contribution < -0.4 is 5.73 Å². The average molecular weight is 307 g/mol. The Kier molecular flexibility index (Phi) is 4.53. The molecule has 0 spiro atoms. The summed E-state index contributed by atoms with van der Waals surface area (Å²) in [7, 11) is 0. The molecule has 0 bridgehead atoms. The topological polar surface area (TPSA) is 64.9 Å². The molecule has 2 aromatic carbocycles. The molecule has 0 saturated carbocycles. The minimum Gasteiger partial charge on any atom is -0.339 e. The molecule has 2 unspecified atom stereocenters. The van der Waals surface area contributed by atoms with Crippen molar-refractivity contribution in [3.05, 3.63) is 71.6 Å². The van der Waals surface area contributed by atoms with Crippen molar-refractivity contribution in [3.8, 4) is 11.4 Å². The van der Waals surface area contributed by atoms with E-state index in [9.17, 15) is 0 Å². The van der Waals surface area contributed by atoms with Crippen LogP contribution in [0.3, 0.4) is 0 Å². The summed E-state index contributed by atoms with van der Waals surface area (Å²) in [5, 5.41) is 4.10. The number of aromatic nitrogens is 2. The highest BCUT2D eigenvalue weighted by molar-refractivity contribution is 5.54. The maximum absolute atomic E-state index is 6.33. The van der Waals surface area contributed by atoms with E-state index < -0.39 is 0 Å². The van der Waals surface area contributed by atoms with Gasteiger partial charge in [0.25, 0.3) is 0 Å². The molecule has 0 aliphatic heterocycles. The van der Waals surface area contributed by atoms with Crippen molar-refractivity contribution >= 4 is 0 Å². The van der Waals surface area contributed by atoms with Gasteiger partial charge in [-0.15, -0.1) is 0 Å². The van der Waals surface area contributed by atoms with Crippen LogP contribution in [0, 0.1) is 0 Å². The molecule has 0 radical (unpaired) electrons. The monoisotopic (exact) mass is 307 g/mol. The summed E-state index contributed by atoms with van der Waals surface area (Å²) in [5.41, 5.74) is 9.64. The normalized spacial score (nSPS) is 13.7. The Hall–Kier alpha value is -2.46. The Morgan fingerprint density at radius 1 is 1.04 bits per heavy atom. The van der Waals surface area contributed by atoms with E-state index in [1.54, 1.807) is 0 Å². The minimum atomic E-state index is -0.174. The largest absolute Gasteiger partial charge is 0.339 e. The molecule has 23 heavy (non-hydrogen) atoms. The molecule has 2 atom stereocenters. The van der Waals surface area contributed by atoms with Crippen molar-refractivity contribution in [1.82, 2.24) is 10.1 Å². The summed E-state index contributed by atoms with van der Waals surface area (Å²) in [5.74, 6) is 1.12. The van der Waals surface area contributed by atoms with Gasteiger partial charge in [0.05, 0.1) is 5.92 Å². The maximum atomic E-state index is 6.33. The van der Waals surface area contributed by atoms with Crippen molar-refractivity contribution in [2.45, 2.75) is 32.2 Å². The first kappa shape index (κ1) is 15.4. The second-order valence-electron chi connectivity index (χ2n) is 5.73. The van der Waals surface area contributed by atoms with Gasteiger partial charge in [0, 0.05) is 11.6 Å². The van der Waals surface area contributed by atoms with E-state index in [2.05, 4.69) is 29.2 Å². The lowest BCUT2D eigenvalue weighted by Gasteiger charge is -2.16. The van der Waals surface area contributed by atoms with Gasteiger partial charge < -0.3 is 10.3 Å². The molecular formula is C19H21N3O. The average Bonchev–Trinajstić information content (AvgIpc) is 3.11. The highest BCUT2D eigenvalue weighted by atomic mass is 16.5. The smallest absolute Gasteiger partial charge is 0.231 e. The third-order valence-electron chi connectivity index (χ3n) is 4.17. The van der Waals surface area contributed by atoms with E-state index in [1.807, 2.05) is 49.4 Å². The molecule has 4 heteroatoms. The first-order valence-corrected chi connectivity index (χ1v) is 7.92. The van der Waals surface area contributed by atoms with E-state index in [0.717, 1.165) is 17.5 Å². The van der Waals surface area contributed by atoms with E-state index in [0.29, 0.717) is 11.7 Å². The van der Waals surface area contributed by atoms with E-state index in [-0.39, 0.29) is 12.0 Å². The second-order valence-corrected chi connectivity index (χ2v) is 5.73. The van der Waals surface area contributed by atoms with Crippen LogP contribution in [-0.4, -0.2) is 10.1 Å². The molecule has 0 saturated heterocycles. The molecule has 0 amide bonds. The molecule has 2 N–H and O–H groups in total. The molecule has 1 aromatic heterocycles.